The average Bonchev–Trinajstić information content (AvgIpc) is 2.98. The summed E-state index contributed by atoms with van der Waals surface area (Å²) in [5.41, 5.74) is 2.58. The molecule has 0 aliphatic carbocycles. The molecule has 0 unspecified atom stereocenters. The normalized spacial score (nSPS) is 10.5. The van der Waals surface area contributed by atoms with Gasteiger partial charge in [0.1, 0.15) is 0 Å². The van der Waals surface area contributed by atoms with E-state index in [0.29, 0.717) is 13.0 Å². The fourth-order valence-corrected chi connectivity index (χ4v) is 2.87. The fraction of sp³-hybridized carbons (Fsp3) is 0.353. The lowest BCUT2D eigenvalue weighted by atomic mass is 10.1. The third kappa shape index (κ3) is 4.20. The van der Waals surface area contributed by atoms with Crippen molar-refractivity contribution in [1.29, 1.82) is 0 Å². The first-order chi connectivity index (χ1) is 9.69. The molecule has 2 rings (SSSR count). The van der Waals surface area contributed by atoms with E-state index in [2.05, 4.69) is 37.3 Å². The number of carbonyl (C=O) groups excluding carboxylic acids is 1. The predicted molar refractivity (Wildman–Crippen MR) is 84.9 cm³/mol. The van der Waals surface area contributed by atoms with Crippen LogP contribution in [-0.4, -0.2) is 17.9 Å². The first kappa shape index (κ1) is 14.8. The van der Waals surface area contributed by atoms with Crippen molar-refractivity contribution in [3.05, 3.63) is 57.8 Å². The van der Waals surface area contributed by atoms with E-state index in [1.54, 1.807) is 11.3 Å². The van der Waals surface area contributed by atoms with Crippen LogP contribution in [0, 0.1) is 0 Å². The van der Waals surface area contributed by atoms with E-state index in [-0.39, 0.29) is 5.91 Å². The highest BCUT2D eigenvalue weighted by molar-refractivity contribution is 7.09. The standard InChI is InChI=1S/C17H21NOS/c1-3-14-6-8-15(9-7-14)10-11-17(19)18(2)13-16-5-4-12-20-16/h4-9,12H,3,10-11,13H2,1-2H3. The van der Waals surface area contributed by atoms with Crippen LogP contribution in [0.15, 0.2) is 41.8 Å². The van der Waals surface area contributed by atoms with Gasteiger partial charge in [-0.1, -0.05) is 37.3 Å². The van der Waals surface area contributed by atoms with Crippen LogP contribution in [0.3, 0.4) is 0 Å². The molecule has 2 aromatic rings. The third-order valence-electron chi connectivity index (χ3n) is 3.46. The molecule has 2 nitrogen and oxygen atoms in total. The molecule has 0 bridgehead atoms. The molecule has 0 saturated heterocycles. The number of carbonyl (C=O) groups is 1. The van der Waals surface area contributed by atoms with E-state index >= 15 is 0 Å². The molecule has 1 heterocycles. The molecular formula is C17H21NOS. The van der Waals surface area contributed by atoms with Gasteiger partial charge in [-0.3, -0.25) is 4.79 Å². The smallest absolute Gasteiger partial charge is 0.222 e. The second-order valence-electron chi connectivity index (χ2n) is 5.00. The van der Waals surface area contributed by atoms with Crippen molar-refractivity contribution >= 4 is 17.2 Å². The second kappa shape index (κ2) is 7.25. The lowest BCUT2D eigenvalue weighted by molar-refractivity contribution is -0.130. The van der Waals surface area contributed by atoms with Crippen LogP contribution < -0.4 is 0 Å². The SMILES string of the molecule is CCc1ccc(CCC(=O)N(C)Cc2cccs2)cc1. The molecule has 0 fully saturated rings. The molecule has 1 aromatic carbocycles. The molecule has 0 radical (unpaired) electrons. The number of aryl methyl sites for hydroxylation is 2. The minimum Gasteiger partial charge on any atom is -0.341 e. The maximum atomic E-state index is 12.1. The van der Waals surface area contributed by atoms with Gasteiger partial charge in [0, 0.05) is 18.3 Å². The lowest BCUT2D eigenvalue weighted by Crippen LogP contribution is -2.25. The molecule has 1 aromatic heterocycles. The zero-order chi connectivity index (χ0) is 14.4. The van der Waals surface area contributed by atoms with E-state index in [4.69, 9.17) is 0 Å². The molecule has 3 heteroatoms. The summed E-state index contributed by atoms with van der Waals surface area (Å²) < 4.78 is 0. The van der Waals surface area contributed by atoms with Crippen LogP contribution >= 0.6 is 11.3 Å². The second-order valence-corrected chi connectivity index (χ2v) is 6.03. The Morgan fingerprint density at radius 2 is 1.85 bits per heavy atom. The summed E-state index contributed by atoms with van der Waals surface area (Å²) in [6, 6.07) is 12.6. The zero-order valence-corrected chi connectivity index (χ0v) is 13.0. The third-order valence-corrected chi connectivity index (χ3v) is 4.32. The van der Waals surface area contributed by atoms with Gasteiger partial charge in [-0.05, 0) is 35.4 Å². The largest absolute Gasteiger partial charge is 0.341 e. The Balaban J connectivity index is 1.81. The van der Waals surface area contributed by atoms with Crippen LogP contribution in [0.1, 0.15) is 29.3 Å². The number of rotatable bonds is 6. The number of nitrogens with zero attached hydrogens (tertiary/aromatic N) is 1. The first-order valence-corrected chi connectivity index (χ1v) is 7.91. The molecule has 0 N–H and O–H groups in total. The minimum atomic E-state index is 0.206. The van der Waals surface area contributed by atoms with Crippen molar-refractivity contribution < 1.29 is 4.79 Å². The van der Waals surface area contributed by atoms with E-state index in [1.807, 2.05) is 23.4 Å². The molecule has 0 spiro atoms. The maximum absolute atomic E-state index is 12.1. The van der Waals surface area contributed by atoms with Gasteiger partial charge in [0.15, 0.2) is 0 Å². The van der Waals surface area contributed by atoms with Gasteiger partial charge < -0.3 is 4.90 Å². The molecule has 0 saturated carbocycles. The maximum Gasteiger partial charge on any atom is 0.222 e. The Labute approximate surface area is 125 Å². The number of hydrogen-bond acceptors (Lipinski definition) is 2. The molecule has 20 heavy (non-hydrogen) atoms. The molecule has 1 amide bonds. The molecule has 0 aliphatic heterocycles. The lowest BCUT2D eigenvalue weighted by Gasteiger charge is -2.16. The quantitative estimate of drug-likeness (QED) is 0.789. The highest BCUT2D eigenvalue weighted by atomic mass is 32.1. The highest BCUT2D eigenvalue weighted by Crippen LogP contribution is 2.12. The number of benzene rings is 1. The van der Waals surface area contributed by atoms with E-state index < -0.39 is 0 Å². The number of thiophene rings is 1. The van der Waals surface area contributed by atoms with Crippen molar-refractivity contribution in [3.63, 3.8) is 0 Å². The van der Waals surface area contributed by atoms with Gasteiger partial charge in [-0.25, -0.2) is 0 Å². The Bertz CT molecular complexity index is 531. The van der Waals surface area contributed by atoms with Gasteiger partial charge in [-0.2, -0.15) is 0 Å². The van der Waals surface area contributed by atoms with Crippen molar-refractivity contribution in [2.45, 2.75) is 32.7 Å². The molecular weight excluding hydrogens is 266 g/mol. The minimum absolute atomic E-state index is 0.206. The Morgan fingerprint density at radius 1 is 1.15 bits per heavy atom. The monoisotopic (exact) mass is 287 g/mol. The summed E-state index contributed by atoms with van der Waals surface area (Å²) in [5.74, 6) is 0.206. The average molecular weight is 287 g/mol. The van der Waals surface area contributed by atoms with Crippen molar-refractivity contribution in [2.75, 3.05) is 7.05 Å². The van der Waals surface area contributed by atoms with E-state index in [1.165, 1.54) is 16.0 Å². The predicted octanol–water partition coefficient (Wildman–Crippen LogP) is 3.90. The Hall–Kier alpha value is -1.61. The van der Waals surface area contributed by atoms with Crippen LogP contribution in [0.25, 0.3) is 0 Å². The van der Waals surface area contributed by atoms with Crippen LogP contribution in [0.4, 0.5) is 0 Å². The van der Waals surface area contributed by atoms with E-state index in [0.717, 1.165) is 12.8 Å². The Kier molecular flexibility index (Phi) is 5.36. The summed E-state index contributed by atoms with van der Waals surface area (Å²) >= 11 is 1.69. The Morgan fingerprint density at radius 3 is 2.45 bits per heavy atom. The van der Waals surface area contributed by atoms with Crippen molar-refractivity contribution in [1.82, 2.24) is 4.90 Å². The van der Waals surface area contributed by atoms with Crippen LogP contribution in [0.5, 0.6) is 0 Å². The summed E-state index contributed by atoms with van der Waals surface area (Å²) in [5, 5.41) is 2.04. The number of hydrogen-bond donors (Lipinski definition) is 0. The van der Waals surface area contributed by atoms with Gasteiger partial charge in [-0.15, -0.1) is 11.3 Å². The molecule has 106 valence electrons. The van der Waals surface area contributed by atoms with Gasteiger partial charge in [0.05, 0.1) is 6.54 Å². The van der Waals surface area contributed by atoms with E-state index in [9.17, 15) is 4.79 Å². The van der Waals surface area contributed by atoms with Crippen molar-refractivity contribution in [3.8, 4) is 0 Å². The summed E-state index contributed by atoms with van der Waals surface area (Å²) in [6.45, 7) is 2.86. The highest BCUT2D eigenvalue weighted by Gasteiger charge is 2.09. The summed E-state index contributed by atoms with van der Waals surface area (Å²) in [7, 11) is 1.88. The molecule has 0 atom stereocenters. The summed E-state index contributed by atoms with van der Waals surface area (Å²) in [6.07, 6.45) is 2.45. The topological polar surface area (TPSA) is 20.3 Å². The van der Waals surface area contributed by atoms with Crippen LogP contribution in [-0.2, 0) is 24.2 Å². The number of amides is 1. The van der Waals surface area contributed by atoms with Gasteiger partial charge in [0.25, 0.3) is 0 Å². The van der Waals surface area contributed by atoms with Crippen molar-refractivity contribution in [2.24, 2.45) is 0 Å². The summed E-state index contributed by atoms with van der Waals surface area (Å²) in [4.78, 5) is 15.1. The zero-order valence-electron chi connectivity index (χ0n) is 12.1. The van der Waals surface area contributed by atoms with Gasteiger partial charge in [0.2, 0.25) is 5.91 Å². The van der Waals surface area contributed by atoms with Crippen LogP contribution in [0.2, 0.25) is 0 Å². The van der Waals surface area contributed by atoms with Gasteiger partial charge >= 0.3 is 0 Å². The molecule has 0 aliphatic rings. The first-order valence-electron chi connectivity index (χ1n) is 7.03. The fourth-order valence-electron chi connectivity index (χ4n) is 2.11.